The average molecular weight is 502 g/mol. The predicted molar refractivity (Wildman–Crippen MR) is 131 cm³/mol. The van der Waals surface area contributed by atoms with E-state index in [1.165, 1.54) is 15.9 Å². The number of benzene rings is 2. The van der Waals surface area contributed by atoms with E-state index in [0.717, 1.165) is 5.56 Å². The molecule has 9 nitrogen and oxygen atoms in total. The molecular formula is C26H19N3O6S. The molecule has 0 radical (unpaired) electrons. The fourth-order valence-corrected chi connectivity index (χ4v) is 4.73. The minimum atomic E-state index is -0.498. The van der Waals surface area contributed by atoms with E-state index < -0.39 is 6.10 Å². The van der Waals surface area contributed by atoms with Gasteiger partial charge in [-0.3, -0.25) is 4.79 Å². The molecule has 10 heteroatoms. The first-order valence-corrected chi connectivity index (χ1v) is 12.1. The van der Waals surface area contributed by atoms with Crippen molar-refractivity contribution >= 4 is 28.3 Å². The van der Waals surface area contributed by atoms with E-state index in [4.69, 9.17) is 18.6 Å². The fourth-order valence-electron chi connectivity index (χ4n) is 3.83. The van der Waals surface area contributed by atoms with Crippen molar-refractivity contribution in [3.63, 3.8) is 0 Å². The summed E-state index contributed by atoms with van der Waals surface area (Å²) in [6.45, 7) is 2.35. The zero-order chi connectivity index (χ0) is 24.6. The highest BCUT2D eigenvalue weighted by molar-refractivity contribution is 7.15. The molecule has 0 saturated heterocycles. The summed E-state index contributed by atoms with van der Waals surface area (Å²) in [7, 11) is 0. The molecule has 1 aliphatic heterocycles. The molecule has 36 heavy (non-hydrogen) atoms. The Kier molecular flexibility index (Phi) is 5.49. The summed E-state index contributed by atoms with van der Waals surface area (Å²) in [5, 5.41) is 4.37. The Labute approximate surface area is 208 Å². The second-order valence-electron chi connectivity index (χ2n) is 7.94. The van der Waals surface area contributed by atoms with Gasteiger partial charge in [-0.15, -0.1) is 5.10 Å². The third-order valence-electron chi connectivity index (χ3n) is 5.58. The molecule has 4 heterocycles. The lowest BCUT2D eigenvalue weighted by molar-refractivity contribution is 0.0526. The maximum absolute atomic E-state index is 12.9. The highest BCUT2D eigenvalue weighted by atomic mass is 32.1. The summed E-state index contributed by atoms with van der Waals surface area (Å²) in [5.74, 6) is 2.44. The molecule has 0 spiro atoms. The van der Waals surface area contributed by atoms with Crippen LogP contribution in [-0.2, 0) is 4.74 Å². The van der Waals surface area contributed by atoms with Gasteiger partial charge < -0.3 is 18.6 Å². The lowest BCUT2D eigenvalue weighted by Gasteiger charge is -2.24. The number of rotatable bonds is 5. The van der Waals surface area contributed by atoms with Crippen molar-refractivity contribution in [2.24, 2.45) is 0 Å². The third kappa shape index (κ3) is 4.01. The van der Waals surface area contributed by atoms with E-state index in [-0.39, 0.29) is 18.1 Å². The molecule has 6 rings (SSSR count). The molecule has 0 amide bonds. The number of aromatic nitrogens is 3. The number of hydrogen-bond acceptors (Lipinski definition) is 9. The Morgan fingerprint density at radius 1 is 1.14 bits per heavy atom. The minimum absolute atomic E-state index is 0.262. The first-order chi connectivity index (χ1) is 17.6. The van der Waals surface area contributed by atoms with E-state index in [9.17, 15) is 9.59 Å². The van der Waals surface area contributed by atoms with Gasteiger partial charge in [-0.25, -0.2) is 4.79 Å². The van der Waals surface area contributed by atoms with E-state index in [1.807, 2.05) is 30.3 Å². The fraction of sp³-hybridized carbons (Fsp3) is 0.154. The molecule has 3 aromatic heterocycles. The Hall–Kier alpha value is -4.44. The number of hydrogen-bond donors (Lipinski definition) is 0. The van der Waals surface area contributed by atoms with E-state index in [0.29, 0.717) is 50.5 Å². The van der Waals surface area contributed by atoms with Crippen LogP contribution in [0.2, 0.25) is 0 Å². The van der Waals surface area contributed by atoms with Crippen LogP contribution in [0.1, 0.15) is 35.0 Å². The van der Waals surface area contributed by atoms with Crippen molar-refractivity contribution in [3.05, 3.63) is 92.7 Å². The van der Waals surface area contributed by atoms with Gasteiger partial charge in [0.1, 0.15) is 22.7 Å². The predicted octanol–water partition coefficient (Wildman–Crippen LogP) is 3.65. The molecule has 0 bridgehead atoms. The van der Waals surface area contributed by atoms with E-state index in [2.05, 4.69) is 10.1 Å². The number of esters is 1. The summed E-state index contributed by atoms with van der Waals surface area (Å²) in [5.41, 5.74) is 0.981. The van der Waals surface area contributed by atoms with Gasteiger partial charge in [-0.2, -0.15) is 9.50 Å². The van der Waals surface area contributed by atoms with Crippen LogP contribution in [0, 0.1) is 0 Å². The van der Waals surface area contributed by atoms with Crippen molar-refractivity contribution in [2.45, 2.75) is 13.0 Å². The van der Waals surface area contributed by atoms with Crippen molar-refractivity contribution in [1.29, 1.82) is 0 Å². The van der Waals surface area contributed by atoms with Gasteiger partial charge in [0, 0.05) is 11.6 Å². The van der Waals surface area contributed by atoms with Crippen molar-refractivity contribution in [2.75, 3.05) is 13.2 Å². The van der Waals surface area contributed by atoms with Crippen molar-refractivity contribution in [3.8, 4) is 22.8 Å². The van der Waals surface area contributed by atoms with Crippen LogP contribution in [0.3, 0.4) is 0 Å². The van der Waals surface area contributed by atoms with Crippen LogP contribution in [0.4, 0.5) is 0 Å². The number of thiazole rings is 1. The number of fused-ring (bicyclic) bond motifs is 2. The first-order valence-electron chi connectivity index (χ1n) is 11.3. The van der Waals surface area contributed by atoms with Gasteiger partial charge in [0.2, 0.25) is 4.96 Å². The van der Waals surface area contributed by atoms with Gasteiger partial charge in [-0.1, -0.05) is 35.6 Å². The largest absolute Gasteiger partial charge is 0.485 e. The number of nitrogens with zero attached hydrogens (tertiary/aromatic N) is 3. The van der Waals surface area contributed by atoms with Crippen molar-refractivity contribution in [1.82, 2.24) is 14.6 Å². The standard InChI is InChI=1S/C26H19N3O6S/c1-2-32-25(31)16-9-7-15(8-10-16)18-12-11-17(34-18)13-22-24(30)29-26(36-22)27-23(28-29)21-14-33-19-5-3-4-6-20(19)35-21/h3-13,21H,2,14H2,1H3. The highest BCUT2D eigenvalue weighted by Crippen LogP contribution is 2.35. The van der Waals surface area contributed by atoms with Crippen molar-refractivity contribution < 1.29 is 23.4 Å². The number of carbonyl (C=O) groups excluding carboxylic acids is 1. The Balaban J connectivity index is 1.23. The van der Waals surface area contributed by atoms with Crippen LogP contribution in [0.5, 0.6) is 11.5 Å². The molecule has 0 N–H and O–H groups in total. The molecular weight excluding hydrogens is 482 g/mol. The Bertz CT molecular complexity index is 1680. The van der Waals surface area contributed by atoms with E-state index in [1.54, 1.807) is 43.3 Å². The van der Waals surface area contributed by atoms with Gasteiger partial charge in [0.15, 0.2) is 23.4 Å². The van der Waals surface area contributed by atoms with E-state index >= 15 is 0 Å². The highest BCUT2D eigenvalue weighted by Gasteiger charge is 2.27. The quantitative estimate of drug-likeness (QED) is 0.336. The summed E-state index contributed by atoms with van der Waals surface area (Å²) >= 11 is 1.22. The summed E-state index contributed by atoms with van der Waals surface area (Å²) < 4.78 is 24.3. The number of para-hydroxylation sites is 2. The third-order valence-corrected chi connectivity index (χ3v) is 6.53. The monoisotopic (exact) mass is 501 g/mol. The van der Waals surface area contributed by atoms with Crippen LogP contribution >= 0.6 is 11.3 Å². The molecule has 2 aromatic carbocycles. The van der Waals surface area contributed by atoms with Gasteiger partial charge in [-0.05, 0) is 43.3 Å². The van der Waals surface area contributed by atoms with Crippen LogP contribution in [0.15, 0.2) is 69.9 Å². The minimum Gasteiger partial charge on any atom is -0.485 e. The SMILES string of the molecule is CCOC(=O)c1ccc(-c2ccc(C=c3sc4nc(C5COc6ccccc6O5)nn4c3=O)o2)cc1. The maximum Gasteiger partial charge on any atom is 0.338 e. The number of carbonyl (C=O) groups is 1. The van der Waals surface area contributed by atoms with Gasteiger partial charge in [0.25, 0.3) is 5.56 Å². The molecule has 0 fully saturated rings. The van der Waals surface area contributed by atoms with Crippen LogP contribution < -0.4 is 19.6 Å². The lowest BCUT2D eigenvalue weighted by Crippen LogP contribution is -2.26. The smallest absolute Gasteiger partial charge is 0.338 e. The second-order valence-corrected chi connectivity index (χ2v) is 8.95. The summed E-state index contributed by atoms with van der Waals surface area (Å²) in [6, 6.07) is 17.9. The van der Waals surface area contributed by atoms with Crippen LogP contribution in [-0.4, -0.2) is 33.8 Å². The van der Waals surface area contributed by atoms with Crippen LogP contribution in [0.25, 0.3) is 22.4 Å². The first kappa shape index (κ1) is 22.1. The van der Waals surface area contributed by atoms with Gasteiger partial charge in [0.05, 0.1) is 12.2 Å². The number of ether oxygens (including phenoxy) is 3. The second kappa shape index (κ2) is 8.97. The van der Waals surface area contributed by atoms with Gasteiger partial charge >= 0.3 is 5.97 Å². The Morgan fingerprint density at radius 2 is 1.94 bits per heavy atom. The molecule has 5 aromatic rings. The molecule has 0 saturated carbocycles. The Morgan fingerprint density at radius 3 is 2.72 bits per heavy atom. The molecule has 1 unspecified atom stereocenters. The molecule has 1 atom stereocenters. The number of furan rings is 1. The molecule has 0 aliphatic carbocycles. The zero-order valence-corrected chi connectivity index (χ0v) is 19.9. The molecule has 1 aliphatic rings. The maximum atomic E-state index is 12.9. The normalized spacial score (nSPS) is 15.4. The average Bonchev–Trinajstić information content (AvgIpc) is 3.61. The molecule has 180 valence electrons. The summed E-state index contributed by atoms with van der Waals surface area (Å²) in [6.07, 6.45) is 1.16. The topological polar surface area (TPSA) is 105 Å². The summed E-state index contributed by atoms with van der Waals surface area (Å²) in [4.78, 5) is 29.7. The zero-order valence-electron chi connectivity index (χ0n) is 19.0. The lowest BCUT2D eigenvalue weighted by atomic mass is 10.1.